The maximum Gasteiger partial charge on any atom is 0.418 e. The van der Waals surface area contributed by atoms with Gasteiger partial charge in [0, 0.05) is 6.21 Å². The molecule has 8 heteroatoms. The van der Waals surface area contributed by atoms with E-state index in [2.05, 4.69) is 4.99 Å². The van der Waals surface area contributed by atoms with Crippen LogP contribution in [-0.4, -0.2) is 33.0 Å². The number of carboxylic acid groups (broad SMARTS) is 1. The van der Waals surface area contributed by atoms with E-state index in [-0.39, 0.29) is 11.8 Å². The van der Waals surface area contributed by atoms with Gasteiger partial charge in [-0.2, -0.15) is 13.2 Å². The number of carboxylic acids is 1. The first-order valence-electron chi connectivity index (χ1n) is 2.96. The van der Waals surface area contributed by atoms with Gasteiger partial charge in [-0.3, -0.25) is 4.99 Å². The normalized spacial score (nSPS) is 33.7. The molecule has 0 aliphatic carbocycles. The molecule has 0 fully saturated rings. The van der Waals surface area contributed by atoms with Crippen LogP contribution in [0, 0.1) is 0 Å². The van der Waals surface area contributed by atoms with Crippen molar-refractivity contribution in [1.29, 1.82) is 0 Å². The number of alkyl halides is 4. The van der Waals surface area contributed by atoms with Gasteiger partial charge in [0.15, 0.2) is 4.83 Å². The third kappa shape index (κ3) is 1.62. The quantitative estimate of drug-likeness (QED) is 0.554. The molecule has 74 valence electrons. The second kappa shape index (κ2) is 3.06. The van der Waals surface area contributed by atoms with E-state index in [0.29, 0.717) is 6.21 Å². The van der Waals surface area contributed by atoms with Crippen molar-refractivity contribution in [1.82, 2.24) is 0 Å². The first-order valence-corrected chi connectivity index (χ1v) is 4.27. The van der Waals surface area contributed by atoms with Gasteiger partial charge in [0.1, 0.15) is 0 Å². The second-order valence-electron chi connectivity index (χ2n) is 2.23. The van der Waals surface area contributed by atoms with Crippen LogP contribution in [0.15, 0.2) is 4.99 Å². The van der Waals surface area contributed by atoms with Crippen LogP contribution in [0.3, 0.4) is 0 Å². The zero-order chi connectivity index (χ0) is 10.3. The lowest BCUT2D eigenvalue weighted by molar-refractivity contribution is -0.170. The average Bonchev–Trinajstić information content (AvgIpc) is 2.30. The van der Waals surface area contributed by atoms with E-state index in [9.17, 15) is 18.0 Å². The van der Waals surface area contributed by atoms with Crippen molar-refractivity contribution < 1.29 is 23.1 Å². The van der Waals surface area contributed by atoms with Crippen molar-refractivity contribution in [2.45, 2.75) is 15.8 Å². The van der Waals surface area contributed by atoms with Crippen LogP contribution >= 0.6 is 23.4 Å². The van der Waals surface area contributed by atoms with Gasteiger partial charge in [-0.25, -0.2) is 4.79 Å². The molecule has 2 atom stereocenters. The Kier molecular flexibility index (Phi) is 2.50. The highest BCUT2D eigenvalue weighted by Crippen LogP contribution is 2.47. The molecule has 13 heavy (non-hydrogen) atoms. The predicted molar refractivity (Wildman–Crippen MR) is 42.1 cm³/mol. The Hall–Kier alpha value is -0.430. The number of nitrogens with zero attached hydrogens (tertiary/aromatic N) is 1. The lowest BCUT2D eigenvalue weighted by atomic mass is 10.1. The van der Waals surface area contributed by atoms with Gasteiger partial charge >= 0.3 is 12.1 Å². The fourth-order valence-electron chi connectivity index (χ4n) is 0.745. The first-order chi connectivity index (χ1) is 5.79. The van der Waals surface area contributed by atoms with Gasteiger partial charge in [0.05, 0.1) is 0 Å². The van der Waals surface area contributed by atoms with Crippen molar-refractivity contribution in [3.05, 3.63) is 0 Å². The molecule has 0 aromatic heterocycles. The summed E-state index contributed by atoms with van der Waals surface area (Å²) in [6.45, 7) is 0. The van der Waals surface area contributed by atoms with Crippen LogP contribution in [0.4, 0.5) is 13.2 Å². The van der Waals surface area contributed by atoms with Crippen molar-refractivity contribution >= 4 is 35.5 Å². The fraction of sp³-hybridized carbons (Fsp3) is 0.600. The zero-order valence-corrected chi connectivity index (χ0v) is 7.45. The van der Waals surface area contributed by atoms with Crippen LogP contribution in [0.25, 0.3) is 0 Å². The minimum Gasteiger partial charge on any atom is -0.480 e. The molecule has 0 aromatic carbocycles. The minimum absolute atomic E-state index is 0.0467. The van der Waals surface area contributed by atoms with E-state index in [0.717, 1.165) is 0 Å². The molecule has 0 aromatic rings. The molecule has 0 saturated carbocycles. The molecule has 1 aliphatic heterocycles. The van der Waals surface area contributed by atoms with E-state index >= 15 is 0 Å². The molecule has 0 radical (unpaired) electrons. The lowest BCUT2D eigenvalue weighted by Crippen LogP contribution is -2.49. The van der Waals surface area contributed by atoms with Crippen LogP contribution in [0.5, 0.6) is 0 Å². The van der Waals surface area contributed by atoms with Gasteiger partial charge in [-0.1, -0.05) is 23.4 Å². The van der Waals surface area contributed by atoms with Crippen LogP contribution < -0.4 is 0 Å². The SMILES string of the molecule is O=C(O)C1(C(F)(F)F)C=NC(Cl)S1. The number of aliphatic carboxylic acids is 1. The Morgan fingerprint density at radius 3 is 2.38 bits per heavy atom. The molecule has 0 spiro atoms. The number of hydrogen-bond donors (Lipinski definition) is 1. The summed E-state index contributed by atoms with van der Waals surface area (Å²) in [6.07, 6.45) is -4.56. The van der Waals surface area contributed by atoms with Gasteiger partial charge in [0.2, 0.25) is 4.75 Å². The molecular weight excluding hydrogens is 231 g/mol. The van der Waals surface area contributed by atoms with E-state index in [1.807, 2.05) is 0 Å². The number of thioether (sulfide) groups is 1. The summed E-state index contributed by atoms with van der Waals surface area (Å²) >= 11 is 5.29. The Morgan fingerprint density at radius 1 is 1.69 bits per heavy atom. The molecule has 3 nitrogen and oxygen atoms in total. The Balaban J connectivity index is 3.06. The second-order valence-corrected chi connectivity index (χ2v) is 4.23. The third-order valence-electron chi connectivity index (χ3n) is 1.40. The molecule has 1 N–H and O–H groups in total. The van der Waals surface area contributed by atoms with Gasteiger partial charge in [-0.15, -0.1) is 0 Å². The Morgan fingerprint density at radius 2 is 2.23 bits per heavy atom. The Labute approximate surface area is 80.0 Å². The summed E-state index contributed by atoms with van der Waals surface area (Å²) in [7, 11) is 0. The summed E-state index contributed by atoms with van der Waals surface area (Å²) in [4.78, 5) is 12.4. The standard InChI is InChI=1S/C5H3ClF3NO2S/c6-3-10-1-4(13-3,2(11)12)5(7,8)9/h1,3H,(H,11,12). The van der Waals surface area contributed by atoms with Crippen molar-refractivity contribution in [2.24, 2.45) is 4.99 Å². The molecule has 2 unspecified atom stereocenters. The topological polar surface area (TPSA) is 49.7 Å². The fourth-order valence-corrected chi connectivity index (χ4v) is 2.01. The first kappa shape index (κ1) is 10.6. The highest BCUT2D eigenvalue weighted by molar-refractivity contribution is 8.04. The maximum absolute atomic E-state index is 12.3. The number of halogens is 4. The molecule has 1 aliphatic rings. The van der Waals surface area contributed by atoms with E-state index in [1.54, 1.807) is 0 Å². The largest absolute Gasteiger partial charge is 0.480 e. The molecule has 1 rings (SSSR count). The number of aliphatic imine (C=N–C) groups is 1. The summed E-state index contributed by atoms with van der Waals surface area (Å²) in [5.74, 6) is -2.00. The van der Waals surface area contributed by atoms with Crippen LogP contribution in [0.2, 0.25) is 0 Å². The van der Waals surface area contributed by atoms with E-state index < -0.39 is 21.7 Å². The van der Waals surface area contributed by atoms with E-state index in [1.165, 1.54) is 0 Å². The zero-order valence-electron chi connectivity index (χ0n) is 5.88. The highest BCUT2D eigenvalue weighted by atomic mass is 35.5. The number of hydrogen-bond acceptors (Lipinski definition) is 3. The predicted octanol–water partition coefficient (Wildman–Crippen LogP) is 1.71. The summed E-state index contributed by atoms with van der Waals surface area (Å²) in [5, 5.41) is 8.43. The smallest absolute Gasteiger partial charge is 0.418 e. The van der Waals surface area contributed by atoms with Crippen molar-refractivity contribution in [3.63, 3.8) is 0 Å². The average molecular weight is 234 g/mol. The molecule has 0 amide bonds. The molecule has 0 bridgehead atoms. The van der Waals surface area contributed by atoms with Crippen molar-refractivity contribution in [3.8, 4) is 0 Å². The third-order valence-corrected chi connectivity index (χ3v) is 2.97. The lowest BCUT2D eigenvalue weighted by Gasteiger charge is -2.23. The highest BCUT2D eigenvalue weighted by Gasteiger charge is 2.63. The van der Waals surface area contributed by atoms with Gasteiger partial charge in [0.25, 0.3) is 0 Å². The number of carbonyl (C=O) groups is 1. The Bertz CT molecular complexity index is 269. The van der Waals surface area contributed by atoms with Gasteiger partial charge < -0.3 is 5.11 Å². The van der Waals surface area contributed by atoms with Gasteiger partial charge in [-0.05, 0) is 0 Å². The molecular formula is C5H3ClF3NO2S. The molecule has 0 saturated heterocycles. The maximum atomic E-state index is 12.3. The monoisotopic (exact) mass is 233 g/mol. The van der Waals surface area contributed by atoms with Crippen LogP contribution in [-0.2, 0) is 4.79 Å². The van der Waals surface area contributed by atoms with E-state index in [4.69, 9.17) is 16.7 Å². The van der Waals surface area contributed by atoms with Crippen molar-refractivity contribution in [2.75, 3.05) is 0 Å². The van der Waals surface area contributed by atoms with Crippen LogP contribution in [0.1, 0.15) is 0 Å². The minimum atomic E-state index is -4.89. The summed E-state index contributed by atoms with van der Waals surface area (Å²) < 4.78 is 33.9. The summed E-state index contributed by atoms with van der Waals surface area (Å²) in [5.41, 5.74) is 0. The summed E-state index contributed by atoms with van der Waals surface area (Å²) in [6, 6.07) is 0. The molecule has 1 heterocycles. The number of rotatable bonds is 1.